The van der Waals surface area contributed by atoms with Gasteiger partial charge in [0.05, 0.1) is 0 Å². The second kappa shape index (κ2) is 11.1. The predicted molar refractivity (Wildman–Crippen MR) is 103 cm³/mol. The summed E-state index contributed by atoms with van der Waals surface area (Å²) in [5.41, 5.74) is 6.59. The van der Waals surface area contributed by atoms with E-state index in [9.17, 15) is 9.59 Å². The summed E-state index contributed by atoms with van der Waals surface area (Å²) in [6, 6.07) is 10.2. The molecular formula is C19H30ClN3O2. The van der Waals surface area contributed by atoms with Crippen LogP contribution < -0.4 is 11.1 Å². The smallest absolute Gasteiger partial charge is 0.223 e. The minimum atomic E-state index is -0.0341. The number of likely N-dealkylation sites (tertiary alicyclic amines) is 1. The van der Waals surface area contributed by atoms with Gasteiger partial charge in [0.15, 0.2) is 0 Å². The Morgan fingerprint density at radius 3 is 2.68 bits per heavy atom. The van der Waals surface area contributed by atoms with Gasteiger partial charge in [0.1, 0.15) is 0 Å². The van der Waals surface area contributed by atoms with E-state index in [0.29, 0.717) is 25.9 Å². The lowest BCUT2D eigenvalue weighted by atomic mass is 9.95. The number of nitrogens with zero attached hydrogens (tertiary/aromatic N) is 1. The summed E-state index contributed by atoms with van der Waals surface area (Å²) >= 11 is 0. The Hall–Kier alpha value is -1.59. The topological polar surface area (TPSA) is 75.4 Å². The SMILES string of the molecule is CC(CC(=O)N1CCCCC1CNC(=O)CCN)c1ccccc1.Cl. The van der Waals surface area contributed by atoms with E-state index < -0.39 is 0 Å². The molecule has 1 fully saturated rings. The minimum absolute atomic E-state index is 0. The Labute approximate surface area is 156 Å². The largest absolute Gasteiger partial charge is 0.354 e. The zero-order chi connectivity index (χ0) is 17.4. The van der Waals surface area contributed by atoms with E-state index >= 15 is 0 Å². The first-order valence-electron chi connectivity index (χ1n) is 8.93. The number of benzene rings is 1. The van der Waals surface area contributed by atoms with Crippen LogP contribution in [0.4, 0.5) is 0 Å². The lowest BCUT2D eigenvalue weighted by Gasteiger charge is -2.36. The Kier molecular flexibility index (Phi) is 9.53. The highest BCUT2D eigenvalue weighted by Gasteiger charge is 2.27. The van der Waals surface area contributed by atoms with Crippen molar-refractivity contribution in [3.8, 4) is 0 Å². The maximum Gasteiger partial charge on any atom is 0.223 e. The van der Waals surface area contributed by atoms with Crippen molar-refractivity contribution in [2.24, 2.45) is 5.73 Å². The van der Waals surface area contributed by atoms with Crippen molar-refractivity contribution in [1.29, 1.82) is 0 Å². The zero-order valence-electron chi connectivity index (χ0n) is 14.9. The van der Waals surface area contributed by atoms with Gasteiger partial charge in [-0.25, -0.2) is 0 Å². The Morgan fingerprint density at radius 2 is 2.00 bits per heavy atom. The fourth-order valence-electron chi connectivity index (χ4n) is 3.27. The number of carbonyl (C=O) groups excluding carboxylic acids is 2. The van der Waals surface area contributed by atoms with Gasteiger partial charge < -0.3 is 16.0 Å². The van der Waals surface area contributed by atoms with Crippen molar-refractivity contribution in [1.82, 2.24) is 10.2 Å². The lowest BCUT2D eigenvalue weighted by molar-refractivity contribution is -0.135. The number of hydrogen-bond acceptors (Lipinski definition) is 3. The molecule has 2 amide bonds. The van der Waals surface area contributed by atoms with Crippen LogP contribution in [0.3, 0.4) is 0 Å². The van der Waals surface area contributed by atoms with Gasteiger partial charge in [-0.05, 0) is 30.7 Å². The summed E-state index contributed by atoms with van der Waals surface area (Å²) in [5, 5.41) is 2.91. The molecule has 0 radical (unpaired) electrons. The van der Waals surface area contributed by atoms with Crippen LogP contribution in [-0.4, -0.2) is 42.4 Å². The van der Waals surface area contributed by atoms with E-state index in [4.69, 9.17) is 5.73 Å². The molecule has 1 saturated heterocycles. The van der Waals surface area contributed by atoms with Crippen LogP contribution in [0.1, 0.15) is 50.5 Å². The van der Waals surface area contributed by atoms with E-state index in [2.05, 4.69) is 24.4 Å². The Balaban J connectivity index is 0.00000312. The normalized spacial score (nSPS) is 18.2. The van der Waals surface area contributed by atoms with Crippen molar-refractivity contribution in [3.63, 3.8) is 0 Å². The van der Waals surface area contributed by atoms with Crippen LogP contribution in [0, 0.1) is 0 Å². The van der Waals surface area contributed by atoms with Gasteiger partial charge in [0.25, 0.3) is 0 Å². The molecule has 2 rings (SSSR count). The number of piperidine rings is 1. The van der Waals surface area contributed by atoms with Gasteiger partial charge in [-0.1, -0.05) is 37.3 Å². The summed E-state index contributed by atoms with van der Waals surface area (Å²) in [5.74, 6) is 0.352. The maximum atomic E-state index is 12.8. The van der Waals surface area contributed by atoms with Crippen LogP contribution in [-0.2, 0) is 9.59 Å². The fraction of sp³-hybridized carbons (Fsp3) is 0.579. The summed E-state index contributed by atoms with van der Waals surface area (Å²) in [6.07, 6.45) is 3.95. The molecular weight excluding hydrogens is 338 g/mol. The van der Waals surface area contributed by atoms with E-state index in [1.165, 1.54) is 5.56 Å². The molecule has 25 heavy (non-hydrogen) atoms. The van der Waals surface area contributed by atoms with Crippen LogP contribution in [0.25, 0.3) is 0 Å². The second-order valence-corrected chi connectivity index (χ2v) is 6.60. The first-order chi connectivity index (χ1) is 11.6. The van der Waals surface area contributed by atoms with Crippen LogP contribution in [0.5, 0.6) is 0 Å². The molecule has 1 aliphatic heterocycles. The molecule has 1 heterocycles. The predicted octanol–water partition coefficient (Wildman–Crippen LogP) is 2.45. The van der Waals surface area contributed by atoms with Crippen molar-refractivity contribution in [3.05, 3.63) is 35.9 Å². The van der Waals surface area contributed by atoms with Gasteiger partial charge in [0.2, 0.25) is 11.8 Å². The minimum Gasteiger partial charge on any atom is -0.354 e. The Morgan fingerprint density at radius 1 is 1.28 bits per heavy atom. The molecule has 5 nitrogen and oxygen atoms in total. The molecule has 1 aliphatic rings. The average Bonchev–Trinajstić information content (AvgIpc) is 2.61. The number of carbonyl (C=O) groups is 2. The van der Waals surface area contributed by atoms with Crippen molar-refractivity contribution < 1.29 is 9.59 Å². The number of nitrogens with one attached hydrogen (secondary N) is 1. The number of nitrogens with two attached hydrogens (primary N) is 1. The molecule has 3 N–H and O–H groups in total. The summed E-state index contributed by atoms with van der Waals surface area (Å²) in [4.78, 5) is 26.4. The number of amides is 2. The van der Waals surface area contributed by atoms with Crippen molar-refractivity contribution in [2.45, 2.75) is 51.0 Å². The third kappa shape index (κ3) is 6.67. The first kappa shape index (κ1) is 21.5. The van der Waals surface area contributed by atoms with Gasteiger partial charge in [-0.2, -0.15) is 0 Å². The molecule has 6 heteroatoms. The molecule has 0 aliphatic carbocycles. The number of halogens is 1. The molecule has 1 aromatic carbocycles. The first-order valence-corrected chi connectivity index (χ1v) is 8.93. The fourth-order valence-corrected chi connectivity index (χ4v) is 3.27. The van der Waals surface area contributed by atoms with Gasteiger partial charge >= 0.3 is 0 Å². The Bertz CT molecular complexity index is 539. The molecule has 2 unspecified atom stereocenters. The highest BCUT2D eigenvalue weighted by molar-refractivity contribution is 5.85. The van der Waals surface area contributed by atoms with E-state index in [0.717, 1.165) is 25.8 Å². The van der Waals surface area contributed by atoms with Gasteiger partial charge in [-0.3, -0.25) is 9.59 Å². The number of rotatable bonds is 7. The lowest BCUT2D eigenvalue weighted by Crippen LogP contribution is -2.49. The van der Waals surface area contributed by atoms with E-state index in [1.54, 1.807) is 0 Å². The van der Waals surface area contributed by atoms with Crippen molar-refractivity contribution in [2.75, 3.05) is 19.6 Å². The van der Waals surface area contributed by atoms with Crippen LogP contribution >= 0.6 is 12.4 Å². The third-order valence-electron chi connectivity index (χ3n) is 4.70. The quantitative estimate of drug-likeness (QED) is 0.777. The van der Waals surface area contributed by atoms with Crippen molar-refractivity contribution >= 4 is 24.2 Å². The standard InChI is InChI=1S/C19H29N3O2.ClH/c1-15(16-7-3-2-4-8-16)13-19(24)22-12-6-5-9-17(22)14-21-18(23)10-11-20;/h2-4,7-8,15,17H,5-6,9-14,20H2,1H3,(H,21,23);1H. The summed E-state index contributed by atoms with van der Waals surface area (Å²) in [6.45, 7) is 3.77. The monoisotopic (exact) mass is 367 g/mol. The molecule has 1 aromatic rings. The summed E-state index contributed by atoms with van der Waals surface area (Å²) in [7, 11) is 0. The molecule has 0 saturated carbocycles. The van der Waals surface area contributed by atoms with Gasteiger partial charge in [-0.15, -0.1) is 12.4 Å². The molecule has 0 bridgehead atoms. The second-order valence-electron chi connectivity index (χ2n) is 6.60. The molecule has 0 spiro atoms. The summed E-state index contributed by atoms with van der Waals surface area (Å²) < 4.78 is 0. The van der Waals surface area contributed by atoms with Gasteiger partial charge in [0, 0.05) is 38.5 Å². The average molecular weight is 368 g/mol. The van der Waals surface area contributed by atoms with Crippen LogP contribution in [0.2, 0.25) is 0 Å². The number of hydrogen-bond donors (Lipinski definition) is 2. The molecule has 2 atom stereocenters. The highest BCUT2D eigenvalue weighted by Crippen LogP contribution is 2.23. The third-order valence-corrected chi connectivity index (χ3v) is 4.70. The van der Waals surface area contributed by atoms with E-state index in [-0.39, 0.29) is 36.2 Å². The molecule has 140 valence electrons. The zero-order valence-corrected chi connectivity index (χ0v) is 15.8. The highest BCUT2D eigenvalue weighted by atomic mass is 35.5. The van der Waals surface area contributed by atoms with Crippen LogP contribution in [0.15, 0.2) is 30.3 Å². The maximum absolute atomic E-state index is 12.8. The van der Waals surface area contributed by atoms with E-state index in [1.807, 2.05) is 23.1 Å². The molecule has 0 aromatic heterocycles.